The zero-order valence-corrected chi connectivity index (χ0v) is 11.9. The molecule has 0 radical (unpaired) electrons. The van der Waals surface area contributed by atoms with Crippen molar-refractivity contribution >= 4 is 11.8 Å². The summed E-state index contributed by atoms with van der Waals surface area (Å²) < 4.78 is 1.57. The Morgan fingerprint density at radius 3 is 2.50 bits per heavy atom. The number of nitrogens with one attached hydrogen (secondary N) is 1. The van der Waals surface area contributed by atoms with E-state index in [0.29, 0.717) is 12.8 Å². The number of carbonyl (C=O) groups excluding carboxylic acids is 2. The predicted octanol–water partition coefficient (Wildman–Crippen LogP) is 0.886. The number of aryl methyl sites for hydroxylation is 1. The van der Waals surface area contributed by atoms with Gasteiger partial charge >= 0.3 is 0 Å². The van der Waals surface area contributed by atoms with Crippen molar-refractivity contribution in [2.24, 2.45) is 5.73 Å². The number of nitrogens with zero attached hydrogens (tertiary/aromatic N) is 2. The van der Waals surface area contributed by atoms with Crippen LogP contribution in [0.25, 0.3) is 0 Å². The molecule has 0 aliphatic heterocycles. The van der Waals surface area contributed by atoms with Crippen LogP contribution in [0.5, 0.6) is 0 Å². The summed E-state index contributed by atoms with van der Waals surface area (Å²) in [5, 5.41) is 6.93. The van der Waals surface area contributed by atoms with E-state index in [2.05, 4.69) is 10.4 Å². The summed E-state index contributed by atoms with van der Waals surface area (Å²) in [4.78, 5) is 23.9. The van der Waals surface area contributed by atoms with Crippen LogP contribution in [0.3, 0.4) is 0 Å². The van der Waals surface area contributed by atoms with Gasteiger partial charge < -0.3 is 11.1 Å². The molecule has 2 rings (SSSR count). The van der Waals surface area contributed by atoms with Gasteiger partial charge in [-0.3, -0.25) is 14.3 Å². The SMILES string of the molecule is Cc1cnn(CC(=O)NC2(C(N)=O)CCCCCC2)c1. The normalized spacial score (nSPS) is 18.2. The van der Waals surface area contributed by atoms with Crippen molar-refractivity contribution in [2.45, 2.75) is 57.5 Å². The van der Waals surface area contributed by atoms with Gasteiger partial charge in [0.25, 0.3) is 0 Å². The van der Waals surface area contributed by atoms with Crippen LogP contribution in [-0.4, -0.2) is 27.1 Å². The zero-order chi connectivity index (χ0) is 14.6. The highest BCUT2D eigenvalue weighted by atomic mass is 16.2. The Kier molecular flexibility index (Phi) is 4.42. The highest BCUT2D eigenvalue weighted by Gasteiger charge is 2.38. The molecule has 1 saturated carbocycles. The summed E-state index contributed by atoms with van der Waals surface area (Å²) in [6.07, 6.45) is 8.77. The number of aromatic nitrogens is 2. The number of hydrogen-bond donors (Lipinski definition) is 2. The lowest BCUT2D eigenvalue weighted by Crippen LogP contribution is -2.57. The Labute approximate surface area is 118 Å². The van der Waals surface area contributed by atoms with E-state index >= 15 is 0 Å². The van der Waals surface area contributed by atoms with Gasteiger partial charge in [-0.15, -0.1) is 0 Å². The molecule has 3 N–H and O–H groups in total. The van der Waals surface area contributed by atoms with Crippen molar-refractivity contribution < 1.29 is 9.59 Å². The van der Waals surface area contributed by atoms with E-state index in [9.17, 15) is 9.59 Å². The van der Waals surface area contributed by atoms with Gasteiger partial charge in [-0.25, -0.2) is 0 Å². The van der Waals surface area contributed by atoms with Gasteiger partial charge in [0.2, 0.25) is 11.8 Å². The first-order chi connectivity index (χ1) is 9.52. The van der Waals surface area contributed by atoms with Crippen molar-refractivity contribution in [1.29, 1.82) is 0 Å². The monoisotopic (exact) mass is 278 g/mol. The second-order valence-electron chi connectivity index (χ2n) is 5.62. The molecule has 1 aliphatic rings. The maximum atomic E-state index is 12.1. The van der Waals surface area contributed by atoms with Gasteiger partial charge in [-0.1, -0.05) is 25.7 Å². The fraction of sp³-hybridized carbons (Fsp3) is 0.643. The molecule has 6 nitrogen and oxygen atoms in total. The van der Waals surface area contributed by atoms with E-state index < -0.39 is 11.4 Å². The van der Waals surface area contributed by atoms with Gasteiger partial charge in [0.15, 0.2) is 0 Å². The first-order valence-electron chi connectivity index (χ1n) is 7.12. The molecule has 0 unspecified atom stereocenters. The molecular formula is C14H22N4O2. The minimum absolute atomic E-state index is 0.114. The largest absolute Gasteiger partial charge is 0.368 e. The molecule has 0 saturated heterocycles. The van der Waals surface area contributed by atoms with Crippen molar-refractivity contribution in [1.82, 2.24) is 15.1 Å². The third-order valence-corrected chi connectivity index (χ3v) is 3.88. The van der Waals surface area contributed by atoms with E-state index in [-0.39, 0.29) is 12.5 Å². The van der Waals surface area contributed by atoms with Crippen molar-refractivity contribution in [3.8, 4) is 0 Å². The summed E-state index contributed by atoms with van der Waals surface area (Å²) in [6, 6.07) is 0. The summed E-state index contributed by atoms with van der Waals surface area (Å²) in [6.45, 7) is 2.03. The van der Waals surface area contributed by atoms with E-state index in [0.717, 1.165) is 31.2 Å². The summed E-state index contributed by atoms with van der Waals surface area (Å²) in [5.41, 5.74) is 5.66. The molecule has 1 aliphatic carbocycles. The Bertz CT molecular complexity index is 487. The second-order valence-corrected chi connectivity index (χ2v) is 5.62. The van der Waals surface area contributed by atoms with Crippen LogP contribution < -0.4 is 11.1 Å². The van der Waals surface area contributed by atoms with Gasteiger partial charge in [0.1, 0.15) is 12.1 Å². The minimum Gasteiger partial charge on any atom is -0.368 e. The molecule has 0 atom stereocenters. The number of carbonyl (C=O) groups is 2. The maximum Gasteiger partial charge on any atom is 0.243 e. The Hall–Kier alpha value is -1.85. The Morgan fingerprint density at radius 1 is 1.35 bits per heavy atom. The van der Waals surface area contributed by atoms with Gasteiger partial charge in [0, 0.05) is 6.20 Å². The number of amides is 2. The molecule has 0 bridgehead atoms. The highest BCUT2D eigenvalue weighted by molar-refractivity contribution is 5.90. The summed E-state index contributed by atoms with van der Waals surface area (Å²) in [5.74, 6) is -0.641. The third kappa shape index (κ3) is 3.37. The predicted molar refractivity (Wildman–Crippen MR) is 74.7 cm³/mol. The summed E-state index contributed by atoms with van der Waals surface area (Å²) >= 11 is 0. The fourth-order valence-electron chi connectivity index (χ4n) is 2.77. The lowest BCUT2D eigenvalue weighted by Gasteiger charge is -2.30. The van der Waals surface area contributed by atoms with E-state index in [1.165, 1.54) is 0 Å². The molecule has 110 valence electrons. The second kappa shape index (κ2) is 6.07. The van der Waals surface area contributed by atoms with E-state index in [1.54, 1.807) is 17.1 Å². The first kappa shape index (κ1) is 14.6. The minimum atomic E-state index is -0.879. The number of primary amides is 1. The molecular weight excluding hydrogens is 256 g/mol. The summed E-state index contributed by atoms with van der Waals surface area (Å²) in [7, 11) is 0. The van der Waals surface area contributed by atoms with Crippen LogP contribution in [0.2, 0.25) is 0 Å². The number of nitrogens with two attached hydrogens (primary N) is 1. The van der Waals surface area contributed by atoms with Gasteiger partial charge in [-0.05, 0) is 25.3 Å². The van der Waals surface area contributed by atoms with Crippen LogP contribution in [-0.2, 0) is 16.1 Å². The van der Waals surface area contributed by atoms with Crippen LogP contribution in [0.4, 0.5) is 0 Å². The standard InChI is InChI=1S/C14H22N4O2/c1-11-8-16-18(9-11)10-12(19)17-14(13(15)20)6-4-2-3-5-7-14/h8-9H,2-7,10H2,1H3,(H2,15,20)(H,17,19). The molecule has 1 aromatic rings. The molecule has 1 aromatic heterocycles. The van der Waals surface area contributed by atoms with Gasteiger partial charge in [-0.2, -0.15) is 5.10 Å². The van der Waals surface area contributed by atoms with Crippen molar-refractivity contribution in [3.63, 3.8) is 0 Å². The lowest BCUT2D eigenvalue weighted by molar-refractivity contribution is -0.132. The highest BCUT2D eigenvalue weighted by Crippen LogP contribution is 2.27. The quantitative estimate of drug-likeness (QED) is 0.801. The molecule has 6 heteroatoms. The third-order valence-electron chi connectivity index (χ3n) is 3.88. The van der Waals surface area contributed by atoms with E-state index in [1.807, 2.05) is 6.92 Å². The molecule has 0 spiro atoms. The van der Waals surface area contributed by atoms with Gasteiger partial charge in [0.05, 0.1) is 6.20 Å². The zero-order valence-electron chi connectivity index (χ0n) is 11.9. The number of hydrogen-bond acceptors (Lipinski definition) is 3. The van der Waals surface area contributed by atoms with Crippen LogP contribution >= 0.6 is 0 Å². The Balaban J connectivity index is 2.03. The van der Waals surface area contributed by atoms with Crippen molar-refractivity contribution in [3.05, 3.63) is 18.0 Å². The molecule has 1 fully saturated rings. The van der Waals surface area contributed by atoms with Crippen LogP contribution in [0.1, 0.15) is 44.1 Å². The smallest absolute Gasteiger partial charge is 0.243 e. The molecule has 20 heavy (non-hydrogen) atoms. The van der Waals surface area contributed by atoms with Crippen molar-refractivity contribution in [2.75, 3.05) is 0 Å². The average molecular weight is 278 g/mol. The molecule has 0 aromatic carbocycles. The Morgan fingerprint density at radius 2 is 2.00 bits per heavy atom. The number of rotatable bonds is 4. The first-order valence-corrected chi connectivity index (χ1v) is 7.12. The molecule has 1 heterocycles. The fourth-order valence-corrected chi connectivity index (χ4v) is 2.77. The maximum absolute atomic E-state index is 12.1. The topological polar surface area (TPSA) is 90.0 Å². The van der Waals surface area contributed by atoms with Crippen LogP contribution in [0, 0.1) is 6.92 Å². The average Bonchev–Trinajstić information content (AvgIpc) is 2.64. The lowest BCUT2D eigenvalue weighted by atomic mass is 9.89. The molecule has 2 amide bonds. The van der Waals surface area contributed by atoms with Crippen LogP contribution in [0.15, 0.2) is 12.4 Å². The van der Waals surface area contributed by atoms with E-state index in [4.69, 9.17) is 5.73 Å².